The van der Waals surface area contributed by atoms with Crippen LogP contribution in [0.25, 0.3) is 21.5 Å². The first-order valence-corrected chi connectivity index (χ1v) is 22.7. The summed E-state index contributed by atoms with van der Waals surface area (Å²) in [6, 6.07) is 44.4. The van der Waals surface area contributed by atoms with Gasteiger partial charge in [0.25, 0.3) is 0 Å². The van der Waals surface area contributed by atoms with Crippen molar-refractivity contribution in [3.63, 3.8) is 0 Å². The molecular weight excluding hydrogens is 890 g/mol. The highest BCUT2D eigenvalue weighted by Gasteiger charge is 2.32. The molecule has 0 aliphatic rings. The van der Waals surface area contributed by atoms with Gasteiger partial charge in [-0.2, -0.15) is 39.5 Å². The van der Waals surface area contributed by atoms with E-state index in [-0.39, 0.29) is 31.0 Å². The molecule has 3 nitrogen and oxygen atoms in total. The van der Waals surface area contributed by atoms with E-state index in [0.717, 1.165) is 56.9 Å². The maximum Gasteiger partial charge on any atom is 0.416 e. The number of carbonyl (C=O) groups is 1. The van der Waals surface area contributed by atoms with E-state index in [0.29, 0.717) is 68.3 Å². The van der Waals surface area contributed by atoms with Gasteiger partial charge in [-0.15, -0.1) is 0 Å². The van der Waals surface area contributed by atoms with Gasteiger partial charge in [0.15, 0.2) is 0 Å². The normalized spacial score (nSPS) is 13.0. The van der Waals surface area contributed by atoms with Gasteiger partial charge in [-0.1, -0.05) is 146 Å². The summed E-state index contributed by atoms with van der Waals surface area (Å²) in [6.45, 7) is 5.58. The number of halogens is 9. The van der Waals surface area contributed by atoms with Crippen LogP contribution in [-0.2, 0) is 47.3 Å². The Bertz CT molecular complexity index is 2650. The van der Waals surface area contributed by atoms with Crippen LogP contribution >= 0.6 is 0 Å². The number of nitrogens with zero attached hydrogens (tertiary/aromatic N) is 1. The van der Waals surface area contributed by atoms with Crippen molar-refractivity contribution >= 4 is 27.5 Å². The average molecular weight is 944 g/mol. The number of hydrogen-bond donors (Lipinski definition) is 0. The highest BCUT2D eigenvalue weighted by molar-refractivity contribution is 5.87. The van der Waals surface area contributed by atoms with E-state index in [1.807, 2.05) is 67.6 Å². The fourth-order valence-corrected chi connectivity index (χ4v) is 8.55. The minimum atomic E-state index is -4.38. The van der Waals surface area contributed by atoms with E-state index < -0.39 is 35.2 Å². The zero-order chi connectivity index (χ0) is 48.9. The summed E-state index contributed by atoms with van der Waals surface area (Å²) in [5.74, 6) is -0.286. The van der Waals surface area contributed by atoms with Crippen LogP contribution in [0, 0.1) is 0 Å². The van der Waals surface area contributed by atoms with Gasteiger partial charge < -0.3 is 4.74 Å². The van der Waals surface area contributed by atoms with Gasteiger partial charge in [-0.05, 0) is 132 Å². The summed E-state index contributed by atoms with van der Waals surface area (Å²) in [5, 5.41) is 4.51. The van der Waals surface area contributed by atoms with Gasteiger partial charge >= 0.3 is 24.5 Å². The fourth-order valence-electron chi connectivity index (χ4n) is 8.55. The molecule has 0 N–H and O–H groups in total. The van der Waals surface area contributed by atoms with E-state index in [1.54, 1.807) is 18.2 Å². The second-order valence-electron chi connectivity index (χ2n) is 17.1. The highest BCUT2D eigenvalue weighted by atomic mass is 19.4. The van der Waals surface area contributed by atoms with E-state index in [4.69, 9.17) is 4.74 Å². The molecule has 0 fully saturated rings. The van der Waals surface area contributed by atoms with Crippen LogP contribution in [0.3, 0.4) is 0 Å². The molecule has 7 rings (SSSR count). The van der Waals surface area contributed by atoms with Crippen LogP contribution in [0.2, 0.25) is 0 Å². The van der Waals surface area contributed by atoms with Crippen LogP contribution in [0.5, 0.6) is 0 Å². The lowest BCUT2D eigenvalue weighted by Crippen LogP contribution is -2.30. The molecule has 0 bridgehead atoms. The molecule has 0 aliphatic heterocycles. The first-order valence-electron chi connectivity index (χ1n) is 22.7. The summed E-state index contributed by atoms with van der Waals surface area (Å²) in [4.78, 5) is 14.5. The molecule has 12 heteroatoms. The molecule has 68 heavy (non-hydrogen) atoms. The molecule has 0 unspecified atom stereocenters. The Morgan fingerprint density at radius 1 is 0.485 bits per heavy atom. The summed E-state index contributed by atoms with van der Waals surface area (Å²) in [7, 11) is 0. The lowest BCUT2D eigenvalue weighted by Gasteiger charge is -2.30. The van der Waals surface area contributed by atoms with Gasteiger partial charge in [0.1, 0.15) is 0 Å². The lowest BCUT2D eigenvalue weighted by atomic mass is 9.92. The van der Waals surface area contributed by atoms with Gasteiger partial charge in [-0.25, -0.2) is 0 Å². The van der Waals surface area contributed by atoms with Crippen molar-refractivity contribution in [2.75, 3.05) is 19.7 Å². The van der Waals surface area contributed by atoms with Crippen LogP contribution in [-0.4, -0.2) is 30.6 Å². The first-order chi connectivity index (χ1) is 32.4. The molecule has 0 radical (unpaired) electrons. The molecule has 0 aliphatic carbocycles. The van der Waals surface area contributed by atoms with Crippen LogP contribution < -0.4 is 0 Å². The molecule has 2 atom stereocenters. The third-order valence-corrected chi connectivity index (χ3v) is 12.1. The standard InChI is InChI=1S/C32H31F6N.C24H23F3O2/c1-23(29-18-6-14-26-13-2-3-17-30(26)29)39(19-7-11-24-9-4-15-27(21-24)31(33,34)35)20-8-12-25-10-5-16-28(22-25)32(36,37)38;1-17(21-13-5-10-19-9-2-3-12-22(19)21)15-23(28)29-14-6-8-18-7-4-11-20(16-18)24(25,26)27/h2-6,9-10,13-18,21-23H,7-8,11-12,19-20H2,1H3;2-5,7,9-13,16-17H,6,8,14-15H2,1H3/t23-;17-/m10/s1. The smallest absolute Gasteiger partial charge is 0.416 e. The Morgan fingerprint density at radius 3 is 1.32 bits per heavy atom. The largest absolute Gasteiger partial charge is 0.466 e. The van der Waals surface area contributed by atoms with E-state index in [9.17, 15) is 44.3 Å². The van der Waals surface area contributed by atoms with Gasteiger partial charge in [0, 0.05) is 6.04 Å². The van der Waals surface area contributed by atoms with E-state index in [1.165, 1.54) is 30.3 Å². The van der Waals surface area contributed by atoms with Crippen molar-refractivity contribution in [2.45, 2.75) is 89.3 Å². The summed E-state index contributed by atoms with van der Waals surface area (Å²) >= 11 is 0. The van der Waals surface area contributed by atoms with Crippen molar-refractivity contribution in [1.82, 2.24) is 4.90 Å². The number of fused-ring (bicyclic) bond motifs is 2. The number of ether oxygens (including phenoxy) is 1. The molecule has 7 aromatic rings. The van der Waals surface area contributed by atoms with Crippen molar-refractivity contribution in [1.29, 1.82) is 0 Å². The topological polar surface area (TPSA) is 29.5 Å². The number of benzene rings is 7. The van der Waals surface area contributed by atoms with Crippen molar-refractivity contribution in [2.24, 2.45) is 0 Å². The molecule has 0 aromatic heterocycles. The maximum atomic E-state index is 13.1. The van der Waals surface area contributed by atoms with Crippen LogP contribution in [0.4, 0.5) is 39.5 Å². The van der Waals surface area contributed by atoms with Crippen LogP contribution in [0.15, 0.2) is 158 Å². The third kappa shape index (κ3) is 14.7. The number of alkyl halides is 9. The summed E-state index contributed by atoms with van der Waals surface area (Å²) < 4.78 is 122. The van der Waals surface area contributed by atoms with E-state index >= 15 is 0 Å². The van der Waals surface area contributed by atoms with Gasteiger partial charge in [-0.3, -0.25) is 9.69 Å². The van der Waals surface area contributed by atoms with Crippen molar-refractivity contribution in [3.05, 3.63) is 202 Å². The number of esters is 1. The molecule has 0 spiro atoms. The molecule has 0 heterocycles. The predicted octanol–water partition coefficient (Wildman–Crippen LogP) is 16.0. The number of rotatable bonds is 17. The second-order valence-corrected chi connectivity index (χ2v) is 17.1. The molecule has 0 saturated heterocycles. The number of aryl methyl sites for hydroxylation is 3. The zero-order valence-electron chi connectivity index (χ0n) is 37.9. The quantitative estimate of drug-likeness (QED) is 0.0518. The van der Waals surface area contributed by atoms with Crippen molar-refractivity contribution in [3.8, 4) is 0 Å². The Kier molecular flexibility index (Phi) is 17.5. The van der Waals surface area contributed by atoms with Gasteiger partial charge in [0.2, 0.25) is 0 Å². The maximum absolute atomic E-state index is 13.1. The summed E-state index contributed by atoms with van der Waals surface area (Å²) in [5.41, 5.74) is 2.13. The number of carbonyl (C=O) groups excluding carboxylic acids is 1. The number of hydrogen-bond acceptors (Lipinski definition) is 3. The molecule has 0 amide bonds. The average Bonchev–Trinajstić information content (AvgIpc) is 3.31. The predicted molar refractivity (Wildman–Crippen MR) is 251 cm³/mol. The minimum Gasteiger partial charge on any atom is -0.466 e. The fraction of sp³-hybridized carbons (Fsp3) is 0.304. The highest BCUT2D eigenvalue weighted by Crippen LogP contribution is 2.34. The minimum absolute atomic E-state index is 0.0112. The zero-order valence-corrected chi connectivity index (χ0v) is 37.9. The molecular formula is C56H54F9NO2. The monoisotopic (exact) mass is 943 g/mol. The summed E-state index contributed by atoms with van der Waals surface area (Å²) in [6.07, 6.45) is -9.64. The molecule has 0 saturated carbocycles. The first kappa shape index (κ1) is 51.3. The molecule has 358 valence electrons. The lowest BCUT2D eigenvalue weighted by molar-refractivity contribution is -0.144. The Hall–Kier alpha value is -6.14. The second kappa shape index (κ2) is 23.2. The third-order valence-electron chi connectivity index (χ3n) is 12.1. The van der Waals surface area contributed by atoms with Gasteiger partial charge in [0.05, 0.1) is 29.7 Å². The SMILES string of the molecule is C[C@@H](CC(=O)OCCCc1cccc(C(F)(F)F)c1)c1cccc2ccccc12.C[C@H](c1cccc2ccccc12)N(CCCc1cccc(C(F)(F)F)c1)CCCc1cccc(C(F)(F)F)c1. The Balaban J connectivity index is 0.000000234. The Morgan fingerprint density at radius 2 is 0.868 bits per heavy atom. The van der Waals surface area contributed by atoms with Crippen LogP contribution in [0.1, 0.15) is 96.0 Å². The van der Waals surface area contributed by atoms with Crippen molar-refractivity contribution < 1.29 is 49.0 Å². The van der Waals surface area contributed by atoms with E-state index in [2.05, 4.69) is 36.1 Å². The molecule has 7 aromatic carbocycles. The Labute approximate surface area is 391 Å².